The van der Waals surface area contributed by atoms with E-state index < -0.39 is 12.0 Å². The largest absolute Gasteiger partial charge is 0.451 e. The summed E-state index contributed by atoms with van der Waals surface area (Å²) < 4.78 is 37.3. The Morgan fingerprint density at radius 1 is 1.07 bits per heavy atom. The summed E-state index contributed by atoms with van der Waals surface area (Å²) in [4.78, 5) is 7.02. The number of hydrogen-bond acceptors (Lipinski definition) is 2. The molecule has 84 valence electrons. The average molecular weight is 218 g/mol. The van der Waals surface area contributed by atoms with Crippen LogP contribution in [0.25, 0.3) is 0 Å². The third-order valence-electron chi connectivity index (χ3n) is 2.23. The molecule has 1 heterocycles. The number of aromatic nitrogens is 2. The predicted molar refractivity (Wildman–Crippen MR) is 50.6 cm³/mol. The van der Waals surface area contributed by atoms with Crippen LogP contribution in [0.4, 0.5) is 13.2 Å². The standard InChI is InChI=1S/C10H13F3N2/c1-5(2)8-6(3)7(4)14-9(15-8)10(11,12)13/h5H,1-4H3. The van der Waals surface area contributed by atoms with Gasteiger partial charge < -0.3 is 0 Å². The first-order valence-electron chi connectivity index (χ1n) is 4.65. The SMILES string of the molecule is Cc1nc(C(F)(F)F)nc(C(C)C)c1C. The molecule has 0 unspecified atom stereocenters. The van der Waals surface area contributed by atoms with Crippen molar-refractivity contribution in [2.45, 2.75) is 39.8 Å². The molecule has 0 saturated carbocycles. The minimum Gasteiger partial charge on any atom is -0.229 e. The summed E-state index contributed by atoms with van der Waals surface area (Å²) in [7, 11) is 0. The van der Waals surface area contributed by atoms with Crippen LogP contribution < -0.4 is 0 Å². The Balaban J connectivity index is 3.36. The molecular formula is C10H13F3N2. The Morgan fingerprint density at radius 3 is 2.00 bits per heavy atom. The Hall–Kier alpha value is -1.13. The van der Waals surface area contributed by atoms with E-state index in [0.717, 1.165) is 5.56 Å². The van der Waals surface area contributed by atoms with Crippen molar-refractivity contribution in [3.8, 4) is 0 Å². The van der Waals surface area contributed by atoms with Crippen LogP contribution in [-0.2, 0) is 6.18 Å². The van der Waals surface area contributed by atoms with Crippen LogP contribution in [0.2, 0.25) is 0 Å². The van der Waals surface area contributed by atoms with Gasteiger partial charge in [-0.3, -0.25) is 0 Å². The minimum absolute atomic E-state index is 0.0344. The molecule has 1 rings (SSSR count). The van der Waals surface area contributed by atoms with E-state index in [4.69, 9.17) is 0 Å². The van der Waals surface area contributed by atoms with Crippen molar-refractivity contribution in [2.75, 3.05) is 0 Å². The van der Waals surface area contributed by atoms with Gasteiger partial charge in [0.25, 0.3) is 0 Å². The van der Waals surface area contributed by atoms with Crippen LogP contribution in [0.5, 0.6) is 0 Å². The van der Waals surface area contributed by atoms with E-state index in [9.17, 15) is 13.2 Å². The van der Waals surface area contributed by atoms with Crippen LogP contribution in [0.15, 0.2) is 0 Å². The van der Waals surface area contributed by atoms with Gasteiger partial charge in [-0.1, -0.05) is 13.8 Å². The molecule has 2 nitrogen and oxygen atoms in total. The fourth-order valence-electron chi connectivity index (χ4n) is 1.34. The van der Waals surface area contributed by atoms with Crippen LogP contribution in [0.3, 0.4) is 0 Å². The van der Waals surface area contributed by atoms with Gasteiger partial charge in [0, 0.05) is 5.69 Å². The van der Waals surface area contributed by atoms with Gasteiger partial charge in [-0.15, -0.1) is 0 Å². The van der Waals surface area contributed by atoms with E-state index >= 15 is 0 Å². The Bertz CT molecular complexity index is 370. The van der Waals surface area contributed by atoms with Crippen molar-refractivity contribution < 1.29 is 13.2 Å². The maximum Gasteiger partial charge on any atom is 0.451 e. The summed E-state index contributed by atoms with van der Waals surface area (Å²) in [6, 6.07) is 0. The molecule has 0 saturated heterocycles. The van der Waals surface area contributed by atoms with Gasteiger partial charge in [-0.2, -0.15) is 13.2 Å². The molecule has 0 aliphatic rings. The minimum atomic E-state index is -4.47. The quantitative estimate of drug-likeness (QED) is 0.723. The van der Waals surface area contributed by atoms with Crippen molar-refractivity contribution >= 4 is 0 Å². The number of rotatable bonds is 1. The summed E-state index contributed by atoms with van der Waals surface area (Å²) in [6.07, 6.45) is -4.47. The first-order chi connectivity index (χ1) is 6.73. The molecule has 0 aliphatic heterocycles. The number of alkyl halides is 3. The fraction of sp³-hybridized carbons (Fsp3) is 0.600. The van der Waals surface area contributed by atoms with Crippen molar-refractivity contribution in [1.29, 1.82) is 0 Å². The summed E-state index contributed by atoms with van der Waals surface area (Å²) in [6.45, 7) is 6.94. The van der Waals surface area contributed by atoms with E-state index in [1.54, 1.807) is 13.8 Å². The zero-order valence-electron chi connectivity index (χ0n) is 9.11. The normalized spacial score (nSPS) is 12.3. The predicted octanol–water partition coefficient (Wildman–Crippen LogP) is 3.24. The lowest BCUT2D eigenvalue weighted by Crippen LogP contribution is -2.15. The maximum atomic E-state index is 12.4. The van der Waals surface area contributed by atoms with Crippen molar-refractivity contribution in [3.63, 3.8) is 0 Å². The third-order valence-corrected chi connectivity index (χ3v) is 2.23. The molecule has 15 heavy (non-hydrogen) atoms. The summed E-state index contributed by atoms with van der Waals surface area (Å²) in [5.74, 6) is -1.08. The summed E-state index contributed by atoms with van der Waals surface area (Å²) in [5, 5.41) is 0. The molecule has 0 fully saturated rings. The van der Waals surface area contributed by atoms with Gasteiger partial charge >= 0.3 is 6.18 Å². The van der Waals surface area contributed by atoms with Gasteiger partial charge in [0.2, 0.25) is 5.82 Å². The second kappa shape index (κ2) is 3.79. The first kappa shape index (κ1) is 11.9. The molecule has 1 aromatic heterocycles. The van der Waals surface area contributed by atoms with Crippen molar-refractivity contribution in [1.82, 2.24) is 9.97 Å². The Labute approximate surface area is 86.6 Å². The number of nitrogens with zero attached hydrogens (tertiary/aromatic N) is 2. The molecule has 0 aromatic carbocycles. The van der Waals surface area contributed by atoms with Gasteiger partial charge in [-0.05, 0) is 25.3 Å². The lowest BCUT2D eigenvalue weighted by Gasteiger charge is -2.13. The van der Waals surface area contributed by atoms with Gasteiger partial charge in [0.15, 0.2) is 0 Å². The highest BCUT2D eigenvalue weighted by atomic mass is 19.4. The second-order valence-corrected chi connectivity index (χ2v) is 3.80. The highest BCUT2D eigenvalue weighted by molar-refractivity contribution is 5.26. The summed E-state index contributed by atoms with van der Waals surface area (Å²) >= 11 is 0. The van der Waals surface area contributed by atoms with E-state index in [1.807, 2.05) is 13.8 Å². The maximum absolute atomic E-state index is 12.4. The van der Waals surface area contributed by atoms with Gasteiger partial charge in [0.05, 0.1) is 5.69 Å². The number of halogens is 3. The lowest BCUT2D eigenvalue weighted by atomic mass is 10.0. The molecular weight excluding hydrogens is 205 g/mol. The molecule has 1 aromatic rings. The molecule has 0 bridgehead atoms. The molecule has 5 heteroatoms. The van der Waals surface area contributed by atoms with Crippen LogP contribution in [-0.4, -0.2) is 9.97 Å². The van der Waals surface area contributed by atoms with Crippen molar-refractivity contribution in [3.05, 3.63) is 22.8 Å². The van der Waals surface area contributed by atoms with Gasteiger partial charge in [-0.25, -0.2) is 9.97 Å². The van der Waals surface area contributed by atoms with E-state index in [1.165, 1.54) is 0 Å². The molecule has 0 atom stereocenters. The summed E-state index contributed by atoms with van der Waals surface area (Å²) in [5.41, 5.74) is 1.59. The molecule has 0 aliphatic carbocycles. The fourth-order valence-corrected chi connectivity index (χ4v) is 1.34. The van der Waals surface area contributed by atoms with Crippen LogP contribution in [0, 0.1) is 13.8 Å². The van der Waals surface area contributed by atoms with Crippen LogP contribution >= 0.6 is 0 Å². The third kappa shape index (κ3) is 2.46. The molecule has 0 spiro atoms. The smallest absolute Gasteiger partial charge is 0.229 e. The van der Waals surface area contributed by atoms with Gasteiger partial charge in [0.1, 0.15) is 0 Å². The van der Waals surface area contributed by atoms with E-state index in [0.29, 0.717) is 11.4 Å². The molecule has 0 amide bonds. The zero-order chi connectivity index (χ0) is 11.8. The Morgan fingerprint density at radius 2 is 1.60 bits per heavy atom. The highest BCUT2D eigenvalue weighted by Gasteiger charge is 2.35. The molecule has 0 N–H and O–H groups in total. The average Bonchev–Trinajstić information content (AvgIpc) is 2.06. The zero-order valence-corrected chi connectivity index (χ0v) is 9.11. The van der Waals surface area contributed by atoms with Crippen molar-refractivity contribution in [2.24, 2.45) is 0 Å². The number of hydrogen-bond donors (Lipinski definition) is 0. The highest BCUT2D eigenvalue weighted by Crippen LogP contribution is 2.29. The topological polar surface area (TPSA) is 25.8 Å². The monoisotopic (exact) mass is 218 g/mol. The van der Waals surface area contributed by atoms with E-state index in [2.05, 4.69) is 9.97 Å². The van der Waals surface area contributed by atoms with E-state index in [-0.39, 0.29) is 5.92 Å². The first-order valence-corrected chi connectivity index (χ1v) is 4.65. The second-order valence-electron chi connectivity index (χ2n) is 3.80. The lowest BCUT2D eigenvalue weighted by molar-refractivity contribution is -0.145. The molecule has 0 radical (unpaired) electrons. The number of aryl methyl sites for hydroxylation is 1. The van der Waals surface area contributed by atoms with Crippen LogP contribution in [0.1, 0.15) is 42.5 Å². The Kier molecular flexibility index (Phi) is 3.02.